The Kier molecular flexibility index (Phi) is 7.35. The maximum atomic E-state index is 13.0. The molecule has 0 radical (unpaired) electrons. The summed E-state index contributed by atoms with van der Waals surface area (Å²) in [5.41, 5.74) is 3.47. The van der Waals surface area contributed by atoms with Gasteiger partial charge in [-0.15, -0.1) is 5.10 Å². The summed E-state index contributed by atoms with van der Waals surface area (Å²) >= 11 is 0. The third-order valence-corrected chi connectivity index (χ3v) is 7.07. The van der Waals surface area contributed by atoms with Crippen molar-refractivity contribution in [2.75, 3.05) is 0 Å². The molecular formula is C29H32N4O4. The normalized spacial score (nSPS) is 14.2. The van der Waals surface area contributed by atoms with Gasteiger partial charge in [0.2, 0.25) is 0 Å². The number of carboxylic acid groups (broad SMARTS) is 1. The summed E-state index contributed by atoms with van der Waals surface area (Å²) < 4.78 is 8.21. The number of aromatic carboxylic acids is 1. The molecule has 2 aromatic heterocycles. The third-order valence-electron chi connectivity index (χ3n) is 7.07. The second-order valence-electron chi connectivity index (χ2n) is 9.70. The number of ether oxygens (including phenoxy) is 1. The second kappa shape index (κ2) is 11.0. The Balaban J connectivity index is 1.50. The first-order chi connectivity index (χ1) is 18.0. The van der Waals surface area contributed by atoms with Gasteiger partial charge in [-0.05, 0) is 54.9 Å². The van der Waals surface area contributed by atoms with Crippen LogP contribution < -0.4 is 10.3 Å². The van der Waals surface area contributed by atoms with Crippen LogP contribution in [0.15, 0.2) is 53.3 Å². The van der Waals surface area contributed by atoms with Crippen molar-refractivity contribution in [1.82, 2.24) is 19.7 Å². The Morgan fingerprint density at radius 1 is 1.11 bits per heavy atom. The lowest BCUT2D eigenvalue weighted by Gasteiger charge is -2.22. The first-order valence-electron chi connectivity index (χ1n) is 13.1. The highest BCUT2D eigenvalue weighted by Crippen LogP contribution is 2.28. The number of benzene rings is 2. The summed E-state index contributed by atoms with van der Waals surface area (Å²) in [4.78, 5) is 29.5. The number of nitrogens with zero attached hydrogens (tertiary/aromatic N) is 3. The molecule has 8 heteroatoms. The van der Waals surface area contributed by atoms with Crippen LogP contribution >= 0.6 is 0 Å². The fraction of sp³-hybridized carbons (Fsp3) is 0.379. The fourth-order valence-electron chi connectivity index (χ4n) is 5.10. The van der Waals surface area contributed by atoms with Crippen molar-refractivity contribution < 1.29 is 14.6 Å². The lowest BCUT2D eigenvalue weighted by Crippen LogP contribution is -2.22. The number of carbonyl (C=O) groups is 1. The minimum absolute atomic E-state index is 0.0980. The highest BCUT2D eigenvalue weighted by Gasteiger charge is 2.22. The van der Waals surface area contributed by atoms with Crippen molar-refractivity contribution in [3.63, 3.8) is 0 Å². The van der Waals surface area contributed by atoms with Gasteiger partial charge in [-0.25, -0.2) is 14.9 Å². The summed E-state index contributed by atoms with van der Waals surface area (Å²) in [6, 6.07) is 14.8. The number of nitrogens with one attached hydrogen (secondary N) is 1. The molecule has 0 unspecified atom stereocenters. The average Bonchev–Trinajstić information content (AvgIpc) is 3.29. The number of carboxylic acids is 1. The SMILES string of the molecule is CCCCc1nc2c(OC3CCCCC3)n[nH]c(=O)c2n1Cc1ccc(-c2ccccc2C(=O)O)cc1. The summed E-state index contributed by atoms with van der Waals surface area (Å²) in [5, 5.41) is 16.4. The second-order valence-corrected chi connectivity index (χ2v) is 9.70. The molecule has 1 fully saturated rings. The number of aromatic amines is 1. The summed E-state index contributed by atoms with van der Waals surface area (Å²) in [5.74, 6) is 0.284. The van der Waals surface area contributed by atoms with Gasteiger partial charge in [0.1, 0.15) is 17.4 Å². The molecule has 2 aromatic carbocycles. The van der Waals surface area contributed by atoms with Gasteiger partial charge in [0.15, 0.2) is 5.52 Å². The number of unbranched alkanes of at least 4 members (excludes halogenated alkanes) is 1. The van der Waals surface area contributed by atoms with E-state index < -0.39 is 5.97 Å². The number of fused-ring (bicyclic) bond motifs is 1. The van der Waals surface area contributed by atoms with E-state index in [2.05, 4.69) is 17.1 Å². The van der Waals surface area contributed by atoms with Gasteiger partial charge < -0.3 is 14.4 Å². The summed E-state index contributed by atoms with van der Waals surface area (Å²) in [6.45, 7) is 2.60. The number of rotatable bonds is 9. The van der Waals surface area contributed by atoms with Gasteiger partial charge in [0.25, 0.3) is 11.4 Å². The number of hydrogen-bond acceptors (Lipinski definition) is 5. The first kappa shape index (κ1) is 24.7. The topological polar surface area (TPSA) is 110 Å². The molecule has 192 valence electrons. The smallest absolute Gasteiger partial charge is 0.336 e. The molecule has 2 N–H and O–H groups in total. The van der Waals surface area contributed by atoms with Crippen LogP contribution in [0.1, 0.15) is 73.6 Å². The Morgan fingerprint density at radius 3 is 2.59 bits per heavy atom. The Hall–Kier alpha value is -3.94. The largest absolute Gasteiger partial charge is 0.478 e. The van der Waals surface area contributed by atoms with Crippen molar-refractivity contribution in [3.8, 4) is 17.0 Å². The number of aryl methyl sites for hydroxylation is 1. The van der Waals surface area contributed by atoms with Crippen LogP contribution in [0.3, 0.4) is 0 Å². The molecule has 1 aliphatic carbocycles. The minimum atomic E-state index is -0.954. The van der Waals surface area contributed by atoms with E-state index in [1.165, 1.54) is 6.42 Å². The predicted octanol–water partition coefficient (Wildman–Crippen LogP) is 5.59. The number of hydrogen-bond donors (Lipinski definition) is 2. The van der Waals surface area contributed by atoms with E-state index in [9.17, 15) is 14.7 Å². The van der Waals surface area contributed by atoms with Crippen LogP contribution in [0, 0.1) is 0 Å². The quantitative estimate of drug-likeness (QED) is 0.310. The Morgan fingerprint density at radius 2 is 1.86 bits per heavy atom. The van der Waals surface area contributed by atoms with Crippen molar-refractivity contribution in [2.45, 2.75) is 70.9 Å². The predicted molar refractivity (Wildman–Crippen MR) is 142 cm³/mol. The van der Waals surface area contributed by atoms with Gasteiger partial charge in [0.05, 0.1) is 5.56 Å². The molecule has 2 heterocycles. The molecule has 1 aliphatic rings. The van der Waals surface area contributed by atoms with Crippen molar-refractivity contribution in [2.24, 2.45) is 0 Å². The van der Waals surface area contributed by atoms with Crippen LogP contribution in [0.2, 0.25) is 0 Å². The number of imidazole rings is 1. The lowest BCUT2D eigenvalue weighted by atomic mass is 9.98. The molecule has 0 saturated heterocycles. The van der Waals surface area contributed by atoms with Gasteiger partial charge in [-0.2, -0.15) is 0 Å². The van der Waals surface area contributed by atoms with E-state index in [4.69, 9.17) is 9.72 Å². The van der Waals surface area contributed by atoms with Crippen LogP contribution in [0.4, 0.5) is 0 Å². The lowest BCUT2D eigenvalue weighted by molar-refractivity contribution is 0.0697. The van der Waals surface area contributed by atoms with Gasteiger partial charge in [-0.3, -0.25) is 4.79 Å². The van der Waals surface area contributed by atoms with Crippen LogP contribution in [-0.2, 0) is 13.0 Å². The van der Waals surface area contributed by atoms with Crippen LogP contribution in [-0.4, -0.2) is 36.9 Å². The Labute approximate surface area is 215 Å². The van der Waals surface area contributed by atoms with Crippen molar-refractivity contribution >= 4 is 17.0 Å². The van der Waals surface area contributed by atoms with E-state index >= 15 is 0 Å². The zero-order valence-corrected chi connectivity index (χ0v) is 21.1. The molecule has 5 rings (SSSR count). The highest BCUT2D eigenvalue weighted by molar-refractivity contribution is 5.96. The zero-order valence-electron chi connectivity index (χ0n) is 21.1. The first-order valence-corrected chi connectivity index (χ1v) is 13.1. The summed E-state index contributed by atoms with van der Waals surface area (Å²) in [6.07, 6.45) is 8.30. The van der Waals surface area contributed by atoms with Crippen LogP contribution in [0.25, 0.3) is 22.2 Å². The maximum absolute atomic E-state index is 13.0. The minimum Gasteiger partial charge on any atom is -0.478 e. The average molecular weight is 501 g/mol. The van der Waals surface area contributed by atoms with Gasteiger partial charge in [0, 0.05) is 13.0 Å². The monoisotopic (exact) mass is 500 g/mol. The molecule has 37 heavy (non-hydrogen) atoms. The highest BCUT2D eigenvalue weighted by atomic mass is 16.5. The van der Waals surface area contributed by atoms with E-state index in [1.54, 1.807) is 12.1 Å². The number of aromatic nitrogens is 4. The molecular weight excluding hydrogens is 468 g/mol. The Bertz CT molecular complexity index is 1450. The van der Waals surface area contributed by atoms with Crippen molar-refractivity contribution in [1.29, 1.82) is 0 Å². The van der Waals surface area contributed by atoms with E-state index in [0.717, 1.165) is 61.9 Å². The fourth-order valence-corrected chi connectivity index (χ4v) is 5.10. The van der Waals surface area contributed by atoms with Gasteiger partial charge >= 0.3 is 5.97 Å². The molecule has 0 atom stereocenters. The number of H-pyrrole nitrogens is 1. The van der Waals surface area contributed by atoms with E-state index in [1.807, 2.05) is 41.0 Å². The summed E-state index contributed by atoms with van der Waals surface area (Å²) in [7, 11) is 0. The molecule has 8 nitrogen and oxygen atoms in total. The molecule has 0 aliphatic heterocycles. The molecule has 0 amide bonds. The molecule has 0 spiro atoms. The zero-order chi connectivity index (χ0) is 25.8. The molecule has 4 aromatic rings. The molecule has 1 saturated carbocycles. The van der Waals surface area contributed by atoms with E-state index in [0.29, 0.717) is 29.0 Å². The van der Waals surface area contributed by atoms with Gasteiger partial charge in [-0.1, -0.05) is 62.2 Å². The van der Waals surface area contributed by atoms with E-state index in [-0.39, 0.29) is 17.2 Å². The third kappa shape index (κ3) is 5.28. The standard InChI is InChI=1S/C29H32N4O4/c1-2-3-13-24-30-25-26(27(34)31-32-28(25)37-21-9-5-4-6-10-21)33(24)18-19-14-16-20(17-15-19)22-11-7-8-12-23(22)29(35)36/h7-8,11-12,14-17,21H,2-6,9-10,13,18H2,1H3,(H,31,34)(H,35,36). The van der Waals surface area contributed by atoms with Crippen molar-refractivity contribution in [3.05, 3.63) is 75.8 Å². The van der Waals surface area contributed by atoms with Crippen LogP contribution in [0.5, 0.6) is 5.88 Å². The molecule has 0 bridgehead atoms. The maximum Gasteiger partial charge on any atom is 0.336 e.